The minimum absolute atomic E-state index is 0.0885. The van der Waals surface area contributed by atoms with Crippen LogP contribution in [-0.2, 0) is 17.9 Å². The number of aromatic nitrogens is 6. The van der Waals surface area contributed by atoms with E-state index < -0.39 is 6.10 Å². The van der Waals surface area contributed by atoms with Gasteiger partial charge >= 0.3 is 0 Å². The van der Waals surface area contributed by atoms with E-state index in [0.717, 1.165) is 16.1 Å². The lowest BCUT2D eigenvalue weighted by Crippen LogP contribution is -2.32. The average molecular weight is 385 g/mol. The summed E-state index contributed by atoms with van der Waals surface area (Å²) in [4.78, 5) is 22.5. The quantitative estimate of drug-likeness (QED) is 0.669. The maximum Gasteiger partial charge on any atom is 0.237 e. The van der Waals surface area contributed by atoms with Gasteiger partial charge in [0.05, 0.1) is 30.6 Å². The van der Waals surface area contributed by atoms with Crippen LogP contribution in [0.15, 0.2) is 48.4 Å². The van der Waals surface area contributed by atoms with E-state index in [1.807, 2.05) is 12.1 Å². The van der Waals surface area contributed by atoms with Crippen LogP contribution in [0.25, 0.3) is 0 Å². The summed E-state index contributed by atoms with van der Waals surface area (Å²) in [6, 6.07) is 5.95. The third kappa shape index (κ3) is 3.71. The highest BCUT2D eigenvalue weighted by Crippen LogP contribution is 2.37. The van der Waals surface area contributed by atoms with E-state index in [1.54, 1.807) is 34.0 Å². The van der Waals surface area contributed by atoms with Gasteiger partial charge in [0.1, 0.15) is 25.3 Å². The Morgan fingerprint density at radius 3 is 2.52 bits per heavy atom. The Bertz CT molecular complexity index is 914. The molecular formula is C17H19N7O2S. The van der Waals surface area contributed by atoms with Gasteiger partial charge in [-0.2, -0.15) is 10.2 Å². The number of hydrogen-bond acceptors (Lipinski definition) is 7. The fraction of sp³-hybridized carbons (Fsp3) is 0.353. The van der Waals surface area contributed by atoms with Crippen molar-refractivity contribution in [3.8, 4) is 0 Å². The Morgan fingerprint density at radius 1 is 1.15 bits per heavy atom. The van der Waals surface area contributed by atoms with E-state index in [9.17, 15) is 9.90 Å². The van der Waals surface area contributed by atoms with Crippen LogP contribution in [-0.4, -0.2) is 59.4 Å². The van der Waals surface area contributed by atoms with Crippen LogP contribution in [0, 0.1) is 0 Å². The second kappa shape index (κ2) is 7.49. The molecule has 2 atom stereocenters. The Hall–Kier alpha value is -2.72. The molecule has 9 nitrogen and oxygen atoms in total. The van der Waals surface area contributed by atoms with Crippen molar-refractivity contribution in [3.63, 3.8) is 0 Å². The predicted molar refractivity (Wildman–Crippen MR) is 99.4 cm³/mol. The molecule has 3 aromatic rings. The molecule has 1 amide bonds. The number of benzene rings is 1. The van der Waals surface area contributed by atoms with E-state index >= 15 is 0 Å². The van der Waals surface area contributed by atoms with Crippen molar-refractivity contribution >= 4 is 23.4 Å². The molecule has 0 saturated heterocycles. The predicted octanol–water partition coefficient (Wildman–Crippen LogP) is 0.783. The maximum atomic E-state index is 11.9. The van der Waals surface area contributed by atoms with Crippen LogP contribution in [0.1, 0.15) is 11.5 Å². The zero-order chi connectivity index (χ0) is 18.8. The first kappa shape index (κ1) is 17.7. The lowest BCUT2D eigenvalue weighted by molar-refractivity contribution is -0.116. The molecule has 140 valence electrons. The first-order valence-electron chi connectivity index (χ1n) is 8.48. The number of fused-ring (bicyclic) bond motifs is 1. The first-order valence-corrected chi connectivity index (χ1v) is 9.46. The van der Waals surface area contributed by atoms with Crippen molar-refractivity contribution in [3.05, 3.63) is 49.1 Å². The van der Waals surface area contributed by atoms with Gasteiger partial charge in [-0.05, 0) is 17.7 Å². The molecule has 27 heavy (non-hydrogen) atoms. The van der Waals surface area contributed by atoms with Crippen molar-refractivity contribution in [2.24, 2.45) is 0 Å². The van der Waals surface area contributed by atoms with E-state index in [0.29, 0.717) is 18.8 Å². The molecule has 1 N–H and O–H groups in total. The molecular weight excluding hydrogens is 366 g/mol. The molecule has 2 unspecified atom stereocenters. The summed E-state index contributed by atoms with van der Waals surface area (Å²) < 4.78 is 3.32. The smallest absolute Gasteiger partial charge is 0.237 e. The van der Waals surface area contributed by atoms with Gasteiger partial charge < -0.3 is 10.0 Å². The van der Waals surface area contributed by atoms with Crippen molar-refractivity contribution in [2.45, 2.75) is 30.0 Å². The molecule has 0 fully saturated rings. The second-order valence-corrected chi connectivity index (χ2v) is 7.39. The van der Waals surface area contributed by atoms with Gasteiger partial charge in [-0.1, -0.05) is 6.07 Å². The fourth-order valence-corrected chi connectivity index (χ4v) is 4.19. The first-order chi connectivity index (χ1) is 13.1. The van der Waals surface area contributed by atoms with Crippen LogP contribution in [0.5, 0.6) is 0 Å². The van der Waals surface area contributed by atoms with Gasteiger partial charge in [-0.15, -0.1) is 11.8 Å². The molecule has 0 bridgehead atoms. The zero-order valence-electron chi connectivity index (χ0n) is 14.7. The number of aliphatic hydroxyl groups is 1. The summed E-state index contributed by atoms with van der Waals surface area (Å²) in [5, 5.41) is 19.2. The van der Waals surface area contributed by atoms with E-state index in [4.69, 9.17) is 0 Å². The summed E-state index contributed by atoms with van der Waals surface area (Å²) >= 11 is 1.52. The molecule has 10 heteroatoms. The number of amides is 1. The number of hydrogen-bond donors (Lipinski definition) is 1. The highest BCUT2D eigenvalue weighted by atomic mass is 32.2. The molecule has 3 heterocycles. The van der Waals surface area contributed by atoms with Crippen LogP contribution < -0.4 is 4.90 Å². The Labute approximate surface area is 160 Å². The van der Waals surface area contributed by atoms with Crippen molar-refractivity contribution in [2.75, 3.05) is 17.7 Å². The molecule has 2 aromatic heterocycles. The number of aliphatic hydroxyl groups excluding tert-OH is 1. The lowest BCUT2D eigenvalue weighted by atomic mass is 9.92. The Morgan fingerprint density at radius 2 is 1.85 bits per heavy atom. The average Bonchev–Trinajstić information content (AvgIpc) is 3.36. The molecule has 0 radical (unpaired) electrons. The molecule has 0 spiro atoms. The van der Waals surface area contributed by atoms with Gasteiger partial charge in [0.15, 0.2) is 0 Å². The lowest BCUT2D eigenvalue weighted by Gasteiger charge is -2.28. The largest absolute Gasteiger partial charge is 0.390 e. The Kier molecular flexibility index (Phi) is 4.90. The Balaban J connectivity index is 1.64. The number of anilines is 1. The minimum Gasteiger partial charge on any atom is -0.390 e. The molecule has 1 aromatic carbocycles. The summed E-state index contributed by atoms with van der Waals surface area (Å²) in [6.07, 6.45) is 5.45. The van der Waals surface area contributed by atoms with Gasteiger partial charge in [-0.25, -0.2) is 9.97 Å². The number of nitrogens with zero attached hydrogens (tertiary/aromatic N) is 7. The SMILES string of the molecule is CN1C(=O)CSc2cc(C(Cn3cncn3)C(O)Cn3cncn3)ccc21. The van der Waals surface area contributed by atoms with Crippen LogP contribution >= 0.6 is 11.8 Å². The third-order valence-electron chi connectivity index (χ3n) is 4.65. The standard InChI is InChI=1S/C17H19N7O2S/c1-22-14-3-2-12(4-16(14)27-7-17(22)26)13(5-23-10-18-8-20-23)15(25)6-24-11-19-9-21-24/h2-4,8-11,13,15,25H,5-7H2,1H3. The number of carbonyl (C=O) groups is 1. The topological polar surface area (TPSA) is 102 Å². The monoisotopic (exact) mass is 385 g/mol. The molecule has 0 saturated carbocycles. The van der Waals surface area contributed by atoms with Gasteiger partial charge in [-0.3, -0.25) is 14.2 Å². The summed E-state index contributed by atoms with van der Waals surface area (Å²) in [5.41, 5.74) is 1.87. The molecule has 1 aliphatic rings. The van der Waals surface area contributed by atoms with E-state index in [1.165, 1.54) is 24.4 Å². The van der Waals surface area contributed by atoms with Crippen LogP contribution in [0.4, 0.5) is 5.69 Å². The molecule has 1 aliphatic heterocycles. The second-order valence-electron chi connectivity index (χ2n) is 6.38. The molecule has 0 aliphatic carbocycles. The van der Waals surface area contributed by atoms with Crippen molar-refractivity contribution in [1.82, 2.24) is 29.5 Å². The molecule has 4 rings (SSSR count). The summed E-state index contributed by atoms with van der Waals surface area (Å²) in [7, 11) is 1.78. The summed E-state index contributed by atoms with van der Waals surface area (Å²) in [5.74, 6) is 0.290. The number of rotatable bonds is 6. The van der Waals surface area contributed by atoms with Crippen LogP contribution in [0.2, 0.25) is 0 Å². The van der Waals surface area contributed by atoms with Gasteiger partial charge in [0.2, 0.25) is 5.91 Å². The van der Waals surface area contributed by atoms with Crippen molar-refractivity contribution in [1.29, 1.82) is 0 Å². The third-order valence-corrected chi connectivity index (χ3v) is 5.68. The summed E-state index contributed by atoms with van der Waals surface area (Å²) in [6.45, 7) is 0.802. The highest BCUT2D eigenvalue weighted by Gasteiger charge is 2.27. The number of thioether (sulfide) groups is 1. The van der Waals surface area contributed by atoms with Crippen LogP contribution in [0.3, 0.4) is 0 Å². The van der Waals surface area contributed by atoms with Gasteiger partial charge in [0.25, 0.3) is 0 Å². The highest BCUT2D eigenvalue weighted by molar-refractivity contribution is 8.00. The van der Waals surface area contributed by atoms with E-state index in [-0.39, 0.29) is 11.8 Å². The fourth-order valence-electron chi connectivity index (χ4n) is 3.15. The van der Waals surface area contributed by atoms with Crippen molar-refractivity contribution < 1.29 is 9.90 Å². The minimum atomic E-state index is -0.693. The number of carbonyl (C=O) groups excluding carboxylic acids is 1. The zero-order valence-corrected chi connectivity index (χ0v) is 15.5. The van der Waals surface area contributed by atoms with E-state index in [2.05, 4.69) is 26.2 Å². The maximum absolute atomic E-state index is 11.9. The van der Waals surface area contributed by atoms with Gasteiger partial charge in [0, 0.05) is 17.9 Å². The normalized spacial score (nSPS) is 16.2.